The van der Waals surface area contributed by atoms with E-state index in [1.54, 1.807) is 17.0 Å². The molecule has 3 aromatic rings. The smallest absolute Gasteiger partial charge is 0.410 e. The predicted molar refractivity (Wildman–Crippen MR) is 146 cm³/mol. The number of nitro groups is 2. The van der Waals surface area contributed by atoms with E-state index in [0.717, 1.165) is 25.0 Å². The van der Waals surface area contributed by atoms with Gasteiger partial charge in [0, 0.05) is 50.1 Å². The molecule has 0 spiro atoms. The summed E-state index contributed by atoms with van der Waals surface area (Å²) < 4.78 is 11.2. The number of benzene rings is 2. The van der Waals surface area contributed by atoms with Crippen molar-refractivity contribution in [2.45, 2.75) is 26.4 Å². The summed E-state index contributed by atoms with van der Waals surface area (Å²) in [4.78, 5) is 39.4. The van der Waals surface area contributed by atoms with Gasteiger partial charge in [0.2, 0.25) is 0 Å². The van der Waals surface area contributed by atoms with Crippen molar-refractivity contribution < 1.29 is 24.1 Å². The van der Waals surface area contributed by atoms with E-state index in [0.29, 0.717) is 24.6 Å². The van der Waals surface area contributed by atoms with Crippen LogP contribution in [0.1, 0.15) is 20.8 Å². The molecule has 1 fully saturated rings. The lowest BCUT2D eigenvalue weighted by Gasteiger charge is -2.36. The normalized spacial score (nSPS) is 13.1. The summed E-state index contributed by atoms with van der Waals surface area (Å²) in [5.74, 6) is 1.18. The number of amides is 1. The molecule has 1 aromatic heterocycles. The number of nitrogens with zero attached hydrogens (tertiary/aromatic N) is 5. The van der Waals surface area contributed by atoms with Gasteiger partial charge in [-0.05, 0) is 63.2 Å². The Bertz CT molecular complexity index is 1270. The summed E-state index contributed by atoms with van der Waals surface area (Å²) in [6, 6.07) is 16.3. The van der Waals surface area contributed by atoms with Crippen LogP contribution in [0, 0.1) is 20.2 Å². The second-order valence-corrected chi connectivity index (χ2v) is 9.78. The lowest BCUT2D eigenvalue weighted by Crippen LogP contribution is -2.50. The minimum Gasteiger partial charge on any atom is -0.457 e. The summed E-state index contributed by atoms with van der Waals surface area (Å²) >= 11 is 5.38. The molecule has 0 radical (unpaired) electrons. The maximum absolute atomic E-state index is 12.2. The predicted octanol–water partition coefficient (Wildman–Crippen LogP) is 6.09. The molecule has 0 atom stereocenters. The molecule has 1 aliphatic rings. The highest BCUT2D eigenvalue weighted by Crippen LogP contribution is 2.26. The molecule has 0 unspecified atom stereocenters. The molecule has 2 heterocycles. The standard InChI is InChI=1S/C21H25N3O5.C5H3ClN2O2/c1-21(2,3)29-20(25)23-14-12-22(13-15-23)16-4-8-18(9-5-16)28-19-10-6-17(7-11-19)24(26)27;6-5-2-1-4(3-7-5)8(9)10/h4-11H,12-15H2,1-3H3;1-3H. The number of piperazine rings is 1. The van der Waals surface area contributed by atoms with Gasteiger partial charge in [-0.15, -0.1) is 0 Å². The van der Waals surface area contributed by atoms with Gasteiger partial charge in [-0.1, -0.05) is 11.6 Å². The van der Waals surface area contributed by atoms with Crippen LogP contribution in [0.2, 0.25) is 5.15 Å². The third kappa shape index (κ3) is 9.11. The number of nitro benzene ring substituents is 1. The van der Waals surface area contributed by atoms with Crippen LogP contribution >= 0.6 is 11.6 Å². The van der Waals surface area contributed by atoms with E-state index in [1.165, 1.54) is 24.3 Å². The van der Waals surface area contributed by atoms with Crippen LogP contribution in [0.5, 0.6) is 11.5 Å². The fourth-order valence-electron chi connectivity index (χ4n) is 3.45. The Kier molecular flexibility index (Phi) is 9.61. The zero-order valence-electron chi connectivity index (χ0n) is 21.7. The Morgan fingerprint density at radius 3 is 1.82 bits per heavy atom. The monoisotopic (exact) mass is 557 g/mol. The van der Waals surface area contributed by atoms with Crippen LogP contribution in [0.4, 0.5) is 21.9 Å². The number of ether oxygens (including phenoxy) is 2. The van der Waals surface area contributed by atoms with Gasteiger partial charge < -0.3 is 19.3 Å². The molecule has 39 heavy (non-hydrogen) atoms. The first-order valence-electron chi connectivity index (χ1n) is 11.9. The van der Waals surface area contributed by atoms with Gasteiger partial charge in [0.15, 0.2) is 0 Å². The topological polar surface area (TPSA) is 141 Å². The molecule has 4 rings (SSSR count). The number of hydrogen-bond donors (Lipinski definition) is 0. The molecule has 1 saturated heterocycles. The summed E-state index contributed by atoms with van der Waals surface area (Å²) in [7, 11) is 0. The van der Waals surface area contributed by atoms with Gasteiger partial charge in [0.25, 0.3) is 11.4 Å². The Labute approximate surface area is 230 Å². The van der Waals surface area contributed by atoms with Crippen molar-refractivity contribution in [3.8, 4) is 11.5 Å². The number of carbonyl (C=O) groups excluding carboxylic acids is 1. The molecule has 206 valence electrons. The van der Waals surface area contributed by atoms with Crippen LogP contribution in [0.25, 0.3) is 0 Å². The molecular weight excluding hydrogens is 530 g/mol. The third-order valence-electron chi connectivity index (χ3n) is 5.34. The SMILES string of the molecule is CC(C)(C)OC(=O)N1CCN(c2ccc(Oc3ccc([N+](=O)[O-])cc3)cc2)CC1.O=[N+]([O-])c1ccc(Cl)nc1. The number of hydrogen-bond acceptors (Lipinski definition) is 9. The van der Waals surface area contributed by atoms with E-state index >= 15 is 0 Å². The number of non-ortho nitro benzene ring substituents is 1. The van der Waals surface area contributed by atoms with Crippen LogP contribution in [-0.2, 0) is 4.74 Å². The van der Waals surface area contributed by atoms with E-state index in [-0.39, 0.29) is 22.6 Å². The fraction of sp³-hybridized carbons (Fsp3) is 0.308. The van der Waals surface area contributed by atoms with Crippen molar-refractivity contribution in [1.82, 2.24) is 9.88 Å². The number of rotatable bonds is 5. The lowest BCUT2D eigenvalue weighted by atomic mass is 10.2. The van der Waals surface area contributed by atoms with Crippen molar-refractivity contribution >= 4 is 34.8 Å². The summed E-state index contributed by atoms with van der Waals surface area (Å²) in [5.41, 5.74) is 0.529. The van der Waals surface area contributed by atoms with Crippen molar-refractivity contribution in [2.24, 2.45) is 0 Å². The number of pyridine rings is 1. The van der Waals surface area contributed by atoms with Gasteiger partial charge in [0.1, 0.15) is 28.5 Å². The van der Waals surface area contributed by atoms with Crippen molar-refractivity contribution in [2.75, 3.05) is 31.1 Å². The third-order valence-corrected chi connectivity index (χ3v) is 5.56. The Balaban J connectivity index is 0.000000353. The second-order valence-electron chi connectivity index (χ2n) is 9.40. The van der Waals surface area contributed by atoms with Crippen molar-refractivity contribution in [3.05, 3.63) is 92.2 Å². The molecule has 12 nitrogen and oxygen atoms in total. The van der Waals surface area contributed by atoms with Crippen molar-refractivity contribution in [1.29, 1.82) is 0 Å². The molecule has 0 aliphatic carbocycles. The van der Waals surface area contributed by atoms with E-state index in [9.17, 15) is 25.0 Å². The number of carbonyl (C=O) groups is 1. The summed E-state index contributed by atoms with van der Waals surface area (Å²) in [6.45, 7) is 8.25. The molecule has 0 saturated carbocycles. The Morgan fingerprint density at radius 1 is 0.846 bits per heavy atom. The highest BCUT2D eigenvalue weighted by atomic mass is 35.5. The first kappa shape index (κ1) is 29.1. The van der Waals surface area contributed by atoms with Gasteiger partial charge in [-0.2, -0.15) is 0 Å². The first-order valence-corrected chi connectivity index (χ1v) is 12.3. The molecular formula is C26H28ClN5O7. The minimum atomic E-state index is -0.524. The maximum Gasteiger partial charge on any atom is 0.410 e. The molecule has 0 bridgehead atoms. The highest BCUT2D eigenvalue weighted by Gasteiger charge is 2.26. The molecule has 0 N–H and O–H groups in total. The maximum atomic E-state index is 12.2. The van der Waals surface area contributed by atoms with Crippen LogP contribution in [0.15, 0.2) is 66.9 Å². The number of halogens is 1. The van der Waals surface area contributed by atoms with Gasteiger partial charge in [0.05, 0.1) is 9.85 Å². The molecule has 2 aromatic carbocycles. The summed E-state index contributed by atoms with van der Waals surface area (Å²) in [6.07, 6.45) is 0.839. The van der Waals surface area contributed by atoms with E-state index < -0.39 is 15.4 Å². The van der Waals surface area contributed by atoms with E-state index in [2.05, 4.69) is 9.88 Å². The quantitative estimate of drug-likeness (QED) is 0.207. The average molecular weight is 558 g/mol. The van der Waals surface area contributed by atoms with Crippen LogP contribution in [0.3, 0.4) is 0 Å². The van der Waals surface area contributed by atoms with Crippen molar-refractivity contribution in [3.63, 3.8) is 0 Å². The minimum absolute atomic E-state index is 0.0261. The molecule has 13 heteroatoms. The Morgan fingerprint density at radius 2 is 1.36 bits per heavy atom. The van der Waals surface area contributed by atoms with Crippen LogP contribution in [-0.4, -0.2) is 57.6 Å². The fourth-order valence-corrected chi connectivity index (χ4v) is 3.56. The number of aromatic nitrogens is 1. The molecule has 1 aliphatic heterocycles. The van der Waals surface area contributed by atoms with Gasteiger partial charge >= 0.3 is 6.09 Å². The average Bonchev–Trinajstić information content (AvgIpc) is 2.89. The highest BCUT2D eigenvalue weighted by molar-refractivity contribution is 6.29. The van der Waals surface area contributed by atoms with E-state index in [4.69, 9.17) is 21.1 Å². The Hall–Kier alpha value is -4.45. The largest absolute Gasteiger partial charge is 0.457 e. The van der Waals surface area contributed by atoms with Gasteiger partial charge in [-0.3, -0.25) is 20.2 Å². The zero-order valence-corrected chi connectivity index (χ0v) is 22.4. The number of anilines is 1. The first-order chi connectivity index (χ1) is 18.4. The van der Waals surface area contributed by atoms with Gasteiger partial charge in [-0.25, -0.2) is 9.78 Å². The van der Waals surface area contributed by atoms with Crippen LogP contribution < -0.4 is 9.64 Å². The second kappa shape index (κ2) is 12.9. The summed E-state index contributed by atoms with van der Waals surface area (Å²) in [5, 5.41) is 21.0. The molecule has 1 amide bonds. The lowest BCUT2D eigenvalue weighted by molar-refractivity contribution is -0.385. The van der Waals surface area contributed by atoms with E-state index in [1.807, 2.05) is 45.0 Å². The zero-order chi connectivity index (χ0) is 28.6.